The second-order valence-electron chi connectivity index (χ2n) is 4.01. The Morgan fingerprint density at radius 2 is 2.22 bits per heavy atom. The molecule has 0 saturated heterocycles. The van der Waals surface area contributed by atoms with Crippen LogP contribution in [0.5, 0.6) is 0 Å². The first-order valence-electron chi connectivity index (χ1n) is 5.81. The van der Waals surface area contributed by atoms with Crippen LogP contribution < -0.4 is 5.32 Å². The first-order chi connectivity index (χ1) is 8.72. The van der Waals surface area contributed by atoms with Crippen molar-refractivity contribution in [3.63, 3.8) is 0 Å². The molecule has 1 aromatic heterocycles. The fourth-order valence-corrected chi connectivity index (χ4v) is 2.11. The molecule has 0 atom stereocenters. The summed E-state index contributed by atoms with van der Waals surface area (Å²) in [5, 5.41) is 12.3. The van der Waals surface area contributed by atoms with Gasteiger partial charge in [-0.3, -0.25) is 0 Å². The smallest absolute Gasteiger partial charge is 0.101 e. The lowest BCUT2D eigenvalue weighted by Crippen LogP contribution is -2.00. The Labute approximate surface area is 115 Å². The molecule has 3 nitrogen and oxygen atoms in total. The maximum Gasteiger partial charge on any atom is 0.101 e. The van der Waals surface area contributed by atoms with Gasteiger partial charge in [-0.25, -0.2) is 0 Å². The van der Waals surface area contributed by atoms with E-state index < -0.39 is 0 Å². The van der Waals surface area contributed by atoms with E-state index in [-0.39, 0.29) is 0 Å². The number of hydrogen-bond donors (Lipinski definition) is 1. The van der Waals surface area contributed by atoms with E-state index in [1.165, 1.54) is 5.56 Å². The first-order valence-corrected chi connectivity index (χ1v) is 6.60. The zero-order valence-corrected chi connectivity index (χ0v) is 11.7. The lowest BCUT2D eigenvalue weighted by Gasteiger charge is -2.07. The maximum atomic E-state index is 9.04. The van der Waals surface area contributed by atoms with Gasteiger partial charge in [-0.15, -0.1) is 0 Å². The molecule has 2 aromatic rings. The van der Waals surface area contributed by atoms with E-state index in [1.807, 2.05) is 18.2 Å². The minimum atomic E-state index is 0.660. The third-order valence-electron chi connectivity index (χ3n) is 2.76. The number of halogens is 1. The van der Waals surface area contributed by atoms with Crippen LogP contribution in [0.15, 0.2) is 41.1 Å². The van der Waals surface area contributed by atoms with Gasteiger partial charge in [-0.2, -0.15) is 5.26 Å². The van der Waals surface area contributed by atoms with Crippen molar-refractivity contribution in [2.75, 3.05) is 5.32 Å². The van der Waals surface area contributed by atoms with E-state index in [4.69, 9.17) is 5.26 Å². The summed E-state index contributed by atoms with van der Waals surface area (Å²) in [5.41, 5.74) is 2.73. The van der Waals surface area contributed by atoms with Gasteiger partial charge in [0, 0.05) is 30.0 Å². The molecule has 0 saturated carbocycles. The molecule has 0 aliphatic carbocycles. The van der Waals surface area contributed by atoms with Crippen molar-refractivity contribution in [2.24, 2.45) is 0 Å². The molecule has 92 valence electrons. The minimum absolute atomic E-state index is 0.660. The second-order valence-corrected chi connectivity index (χ2v) is 4.92. The molecule has 18 heavy (non-hydrogen) atoms. The van der Waals surface area contributed by atoms with Gasteiger partial charge in [0.15, 0.2) is 0 Å². The molecule has 1 aromatic carbocycles. The summed E-state index contributed by atoms with van der Waals surface area (Å²) in [6.45, 7) is 3.80. The average Bonchev–Trinajstić information content (AvgIpc) is 2.84. The highest BCUT2D eigenvalue weighted by atomic mass is 79.9. The highest BCUT2D eigenvalue weighted by Gasteiger charge is 2.03. The largest absolute Gasteiger partial charge is 0.380 e. The van der Waals surface area contributed by atoms with E-state index in [2.05, 4.69) is 57.3 Å². The number of anilines is 1. The zero-order valence-electron chi connectivity index (χ0n) is 10.2. The Balaban J connectivity index is 2.10. The number of hydrogen-bond acceptors (Lipinski definition) is 2. The van der Waals surface area contributed by atoms with E-state index in [9.17, 15) is 0 Å². The SMILES string of the molecule is CCn1ccc(CNc2cc(Br)ccc2C#N)c1. The van der Waals surface area contributed by atoms with Crippen molar-refractivity contribution < 1.29 is 0 Å². The summed E-state index contributed by atoms with van der Waals surface area (Å²) in [6.07, 6.45) is 4.17. The Morgan fingerprint density at radius 3 is 2.89 bits per heavy atom. The summed E-state index contributed by atoms with van der Waals surface area (Å²) < 4.78 is 3.10. The Kier molecular flexibility index (Phi) is 4.06. The third kappa shape index (κ3) is 2.93. The fraction of sp³-hybridized carbons (Fsp3) is 0.214. The molecule has 0 bridgehead atoms. The lowest BCUT2D eigenvalue weighted by atomic mass is 10.2. The Morgan fingerprint density at radius 1 is 1.39 bits per heavy atom. The van der Waals surface area contributed by atoms with Gasteiger partial charge in [0.25, 0.3) is 0 Å². The molecule has 1 N–H and O–H groups in total. The normalized spacial score (nSPS) is 10.1. The van der Waals surface area contributed by atoms with E-state index in [0.29, 0.717) is 5.56 Å². The fourth-order valence-electron chi connectivity index (χ4n) is 1.75. The molecular weight excluding hydrogens is 290 g/mol. The average molecular weight is 304 g/mol. The van der Waals surface area contributed by atoms with Crippen LogP contribution in [0.4, 0.5) is 5.69 Å². The number of nitrogens with one attached hydrogen (secondary N) is 1. The number of aryl methyl sites for hydroxylation is 1. The molecule has 0 aliphatic heterocycles. The van der Waals surface area contributed by atoms with Gasteiger partial charge in [-0.05, 0) is 36.8 Å². The molecule has 0 spiro atoms. The van der Waals surface area contributed by atoms with Crippen LogP contribution in [0.2, 0.25) is 0 Å². The van der Waals surface area contributed by atoms with Crippen LogP contribution in [0, 0.1) is 11.3 Å². The van der Waals surface area contributed by atoms with Gasteiger partial charge in [0.1, 0.15) is 6.07 Å². The van der Waals surface area contributed by atoms with Gasteiger partial charge in [0.2, 0.25) is 0 Å². The maximum absolute atomic E-state index is 9.04. The zero-order chi connectivity index (χ0) is 13.0. The number of nitrogens with zero attached hydrogens (tertiary/aromatic N) is 2. The quantitative estimate of drug-likeness (QED) is 0.934. The van der Waals surface area contributed by atoms with Gasteiger partial charge in [-0.1, -0.05) is 15.9 Å². The van der Waals surface area contributed by atoms with Gasteiger partial charge in [0.05, 0.1) is 11.3 Å². The van der Waals surface area contributed by atoms with Crippen molar-refractivity contribution in [3.8, 4) is 6.07 Å². The predicted molar refractivity (Wildman–Crippen MR) is 76.3 cm³/mol. The van der Waals surface area contributed by atoms with E-state index in [0.717, 1.165) is 23.2 Å². The van der Waals surface area contributed by atoms with Gasteiger partial charge < -0.3 is 9.88 Å². The first kappa shape index (κ1) is 12.7. The van der Waals surface area contributed by atoms with Crippen LogP contribution in [0.3, 0.4) is 0 Å². The molecule has 0 amide bonds. The van der Waals surface area contributed by atoms with Crippen LogP contribution in [-0.4, -0.2) is 4.57 Å². The molecule has 4 heteroatoms. The number of aromatic nitrogens is 1. The highest BCUT2D eigenvalue weighted by molar-refractivity contribution is 9.10. The van der Waals surface area contributed by atoms with Crippen molar-refractivity contribution in [3.05, 3.63) is 52.3 Å². The molecular formula is C14H14BrN3. The minimum Gasteiger partial charge on any atom is -0.380 e. The molecule has 2 rings (SSSR count). The summed E-state index contributed by atoms with van der Waals surface area (Å²) in [5.74, 6) is 0. The Hall–Kier alpha value is -1.73. The number of benzene rings is 1. The summed E-state index contributed by atoms with van der Waals surface area (Å²) in [7, 11) is 0. The second kappa shape index (κ2) is 5.74. The standard InChI is InChI=1S/C14H14BrN3/c1-2-18-6-5-11(10-18)9-17-14-7-13(15)4-3-12(14)8-16/h3-7,10,17H,2,9H2,1H3. The van der Waals surface area contributed by atoms with Crippen LogP contribution in [0.25, 0.3) is 0 Å². The molecule has 0 fully saturated rings. The van der Waals surface area contributed by atoms with E-state index >= 15 is 0 Å². The van der Waals surface area contributed by atoms with Gasteiger partial charge >= 0.3 is 0 Å². The lowest BCUT2D eigenvalue weighted by molar-refractivity contribution is 0.766. The third-order valence-corrected chi connectivity index (χ3v) is 3.26. The topological polar surface area (TPSA) is 40.8 Å². The number of nitriles is 1. The summed E-state index contributed by atoms with van der Waals surface area (Å²) in [4.78, 5) is 0. The monoisotopic (exact) mass is 303 g/mol. The summed E-state index contributed by atoms with van der Waals surface area (Å²) in [6, 6.07) is 9.88. The van der Waals surface area contributed by atoms with Crippen molar-refractivity contribution in [2.45, 2.75) is 20.0 Å². The molecule has 0 unspecified atom stereocenters. The summed E-state index contributed by atoms with van der Waals surface area (Å²) >= 11 is 3.41. The molecule has 1 heterocycles. The highest BCUT2D eigenvalue weighted by Crippen LogP contribution is 2.21. The Bertz CT molecular complexity index is 581. The van der Waals surface area contributed by atoms with Crippen molar-refractivity contribution in [1.29, 1.82) is 5.26 Å². The predicted octanol–water partition coefficient (Wildman–Crippen LogP) is 3.75. The number of rotatable bonds is 4. The molecule has 0 aliphatic rings. The van der Waals surface area contributed by atoms with Crippen LogP contribution in [0.1, 0.15) is 18.1 Å². The van der Waals surface area contributed by atoms with E-state index in [1.54, 1.807) is 0 Å². The van der Waals surface area contributed by atoms with Crippen LogP contribution in [-0.2, 0) is 13.1 Å². The molecule has 0 radical (unpaired) electrons. The van der Waals surface area contributed by atoms with Crippen LogP contribution >= 0.6 is 15.9 Å². The van der Waals surface area contributed by atoms with Crippen molar-refractivity contribution >= 4 is 21.6 Å². The van der Waals surface area contributed by atoms with Crippen molar-refractivity contribution in [1.82, 2.24) is 4.57 Å².